The van der Waals surface area contributed by atoms with Crippen molar-refractivity contribution in [1.29, 1.82) is 0 Å². The van der Waals surface area contributed by atoms with E-state index in [-0.39, 0.29) is 5.48 Å². The number of fused-ring (bicyclic) bond motifs is 7. The number of nitrogens with two attached hydrogens (primary N) is 1. The number of rotatable bonds is 3. The SMILES string of the molecule is C[C@@H]1[C@H]2[C@H]3CC[C@@H]4[C@@]5(C)C(CCCN)CC(S)C(C)(C)[C@@H]5CC[C@@]4(C)[C@]3(C)CC[C@@]2(C)CC[C@H]1C.O. The van der Waals surface area contributed by atoms with Gasteiger partial charge in [-0.05, 0) is 146 Å². The van der Waals surface area contributed by atoms with E-state index in [0.717, 1.165) is 48.0 Å². The minimum absolute atomic E-state index is 0. The Bertz CT molecular complexity index is 814. The highest BCUT2D eigenvalue weighted by Gasteiger charge is 2.71. The predicted molar refractivity (Wildman–Crippen MR) is 158 cm³/mol. The third-order valence-corrected chi connectivity index (χ3v) is 16.0. The molecule has 0 aromatic heterocycles. The first-order valence-electron chi connectivity index (χ1n) is 15.7. The van der Waals surface area contributed by atoms with Crippen molar-refractivity contribution < 1.29 is 5.48 Å². The van der Waals surface area contributed by atoms with Gasteiger partial charge in [-0.1, -0.05) is 55.4 Å². The van der Waals surface area contributed by atoms with Gasteiger partial charge in [-0.15, -0.1) is 0 Å². The van der Waals surface area contributed by atoms with Gasteiger partial charge in [-0.25, -0.2) is 0 Å². The highest BCUT2D eigenvalue weighted by atomic mass is 32.1. The molecule has 36 heavy (non-hydrogen) atoms. The Balaban J connectivity index is 0.00000304. The minimum Gasteiger partial charge on any atom is -0.412 e. The predicted octanol–water partition coefficient (Wildman–Crippen LogP) is 8.18. The fraction of sp³-hybridized carbons (Fsp3) is 1.00. The quantitative estimate of drug-likeness (QED) is 0.363. The summed E-state index contributed by atoms with van der Waals surface area (Å²) in [5.41, 5.74) is 8.42. The monoisotopic (exact) mass is 519 g/mol. The van der Waals surface area contributed by atoms with Crippen LogP contribution < -0.4 is 5.73 Å². The number of hydrogen-bond acceptors (Lipinski definition) is 2. The van der Waals surface area contributed by atoms with Crippen LogP contribution in [-0.4, -0.2) is 17.3 Å². The summed E-state index contributed by atoms with van der Waals surface area (Å²) in [5, 5.41) is 0.527. The third kappa shape index (κ3) is 3.70. The first-order valence-corrected chi connectivity index (χ1v) is 16.2. The van der Waals surface area contributed by atoms with E-state index >= 15 is 0 Å². The molecular weight excluding hydrogens is 458 g/mol. The molecule has 5 saturated carbocycles. The topological polar surface area (TPSA) is 57.5 Å². The Morgan fingerprint density at radius 2 is 1.50 bits per heavy atom. The maximum atomic E-state index is 6.09. The zero-order valence-electron chi connectivity index (χ0n) is 25.1. The lowest BCUT2D eigenvalue weighted by Crippen LogP contribution is -2.68. The maximum Gasteiger partial charge on any atom is 0.00736 e. The van der Waals surface area contributed by atoms with Crippen molar-refractivity contribution in [2.45, 2.75) is 131 Å². The van der Waals surface area contributed by atoms with Gasteiger partial charge in [0.1, 0.15) is 0 Å². The molecule has 0 saturated heterocycles. The van der Waals surface area contributed by atoms with Crippen LogP contribution in [0.15, 0.2) is 0 Å². The van der Waals surface area contributed by atoms with Crippen molar-refractivity contribution >= 4 is 12.6 Å². The summed E-state index contributed by atoms with van der Waals surface area (Å²) < 4.78 is 0. The Morgan fingerprint density at radius 1 is 0.806 bits per heavy atom. The van der Waals surface area contributed by atoms with Crippen molar-refractivity contribution in [3.8, 4) is 0 Å². The van der Waals surface area contributed by atoms with E-state index in [1.165, 1.54) is 70.6 Å². The largest absolute Gasteiger partial charge is 0.412 e. The molecule has 5 fully saturated rings. The summed E-state index contributed by atoms with van der Waals surface area (Å²) >= 11 is 5.25. The van der Waals surface area contributed by atoms with E-state index in [1.54, 1.807) is 0 Å². The van der Waals surface area contributed by atoms with Gasteiger partial charge in [-0.2, -0.15) is 12.6 Å². The van der Waals surface area contributed by atoms with Gasteiger partial charge in [0.05, 0.1) is 0 Å². The number of thiol groups is 1. The van der Waals surface area contributed by atoms with Crippen LogP contribution >= 0.6 is 12.6 Å². The summed E-state index contributed by atoms with van der Waals surface area (Å²) in [6.07, 6.45) is 15.5. The molecule has 2 nitrogen and oxygen atoms in total. The third-order valence-electron chi connectivity index (χ3n) is 15.1. The van der Waals surface area contributed by atoms with Crippen molar-refractivity contribution in [2.75, 3.05) is 6.54 Å². The van der Waals surface area contributed by atoms with Gasteiger partial charge >= 0.3 is 0 Å². The van der Waals surface area contributed by atoms with Gasteiger partial charge in [0, 0.05) is 5.25 Å². The van der Waals surface area contributed by atoms with Gasteiger partial charge < -0.3 is 11.2 Å². The molecule has 0 aromatic carbocycles. The zero-order chi connectivity index (χ0) is 25.6. The molecule has 0 bridgehead atoms. The van der Waals surface area contributed by atoms with E-state index in [0.29, 0.717) is 32.3 Å². The second kappa shape index (κ2) is 9.43. The molecule has 0 aromatic rings. The lowest BCUT2D eigenvalue weighted by molar-refractivity contribution is -0.258. The van der Waals surface area contributed by atoms with E-state index in [4.69, 9.17) is 18.4 Å². The maximum absolute atomic E-state index is 6.09. The van der Waals surface area contributed by atoms with Crippen LogP contribution in [0.3, 0.4) is 0 Å². The summed E-state index contributed by atoms with van der Waals surface area (Å²) in [7, 11) is 0. The lowest BCUT2D eigenvalue weighted by atomic mass is 9.30. The lowest BCUT2D eigenvalue weighted by Gasteiger charge is -2.75. The van der Waals surface area contributed by atoms with Crippen LogP contribution in [0.4, 0.5) is 0 Å². The summed E-state index contributed by atoms with van der Waals surface area (Å²) in [6.45, 7) is 22.3. The molecule has 3 heteroatoms. The molecule has 2 unspecified atom stereocenters. The van der Waals surface area contributed by atoms with Crippen molar-refractivity contribution in [2.24, 2.45) is 74.2 Å². The van der Waals surface area contributed by atoms with Gasteiger partial charge in [0.25, 0.3) is 0 Å². The number of hydrogen-bond donors (Lipinski definition) is 2. The van der Waals surface area contributed by atoms with E-state index in [2.05, 4.69) is 55.4 Å². The van der Waals surface area contributed by atoms with Gasteiger partial charge in [0.15, 0.2) is 0 Å². The van der Waals surface area contributed by atoms with Crippen LogP contribution in [0.25, 0.3) is 0 Å². The molecule has 5 aliphatic carbocycles. The van der Waals surface area contributed by atoms with Crippen molar-refractivity contribution in [3.05, 3.63) is 0 Å². The Kier molecular flexibility index (Phi) is 7.67. The molecule has 5 rings (SSSR count). The van der Waals surface area contributed by atoms with Crippen LogP contribution in [0.1, 0.15) is 126 Å². The normalized spacial score (nSPS) is 55.8. The molecule has 0 amide bonds. The average Bonchev–Trinajstić information content (AvgIpc) is 2.79. The Morgan fingerprint density at radius 3 is 2.17 bits per heavy atom. The summed E-state index contributed by atoms with van der Waals surface area (Å²) in [6, 6.07) is 0. The van der Waals surface area contributed by atoms with E-state index in [9.17, 15) is 0 Å². The molecule has 0 heterocycles. The second-order valence-electron chi connectivity index (χ2n) is 16.3. The smallest absolute Gasteiger partial charge is 0.00736 e. The highest BCUT2D eigenvalue weighted by Crippen LogP contribution is 2.78. The van der Waals surface area contributed by atoms with Crippen LogP contribution in [-0.2, 0) is 0 Å². The van der Waals surface area contributed by atoms with E-state index in [1.807, 2.05) is 0 Å². The van der Waals surface area contributed by atoms with Crippen LogP contribution in [0.5, 0.6) is 0 Å². The second-order valence-corrected chi connectivity index (χ2v) is 16.9. The van der Waals surface area contributed by atoms with Gasteiger partial charge in [-0.3, -0.25) is 0 Å². The molecule has 0 radical (unpaired) electrons. The minimum atomic E-state index is 0. The molecule has 4 N–H and O–H groups in total. The standard InChI is InChI=1S/C33H59NS.H2O/c1-21-13-15-30(5)17-18-31(6)24(28(30)22(21)2)11-12-26-32(31,7)16-14-25-29(3,4)27(35)20-23(10-9-19-34)33(25,26)8;/h21-28,35H,9-20,34H2,1-8H3;1H2/t21-,22+,23?,24-,25+,26+,27?,28+,30-,31-,32-,33+;/m1./s1. The first-order chi connectivity index (χ1) is 16.3. The molecule has 0 aliphatic heterocycles. The van der Waals surface area contributed by atoms with Crippen molar-refractivity contribution in [1.82, 2.24) is 0 Å². The highest BCUT2D eigenvalue weighted by molar-refractivity contribution is 7.81. The van der Waals surface area contributed by atoms with E-state index < -0.39 is 0 Å². The summed E-state index contributed by atoms with van der Waals surface area (Å²) in [5.74, 6) is 6.11. The van der Waals surface area contributed by atoms with Crippen LogP contribution in [0, 0.1) is 68.5 Å². The van der Waals surface area contributed by atoms with Gasteiger partial charge in [0.2, 0.25) is 0 Å². The fourth-order valence-electron chi connectivity index (χ4n) is 12.6. The first kappa shape index (κ1) is 29.3. The Hall–Kier alpha value is 0.270. The molecule has 12 atom stereocenters. The Labute approximate surface area is 229 Å². The van der Waals surface area contributed by atoms with Crippen molar-refractivity contribution in [3.63, 3.8) is 0 Å². The molecule has 5 aliphatic rings. The molecule has 0 spiro atoms. The summed E-state index contributed by atoms with van der Waals surface area (Å²) in [4.78, 5) is 0. The average molecular weight is 520 g/mol. The van der Waals surface area contributed by atoms with Crippen LogP contribution in [0.2, 0.25) is 0 Å². The molecular formula is C33H61NOS. The fourth-order valence-corrected chi connectivity index (χ4v) is 13.0. The zero-order valence-corrected chi connectivity index (χ0v) is 26.0. The molecule has 210 valence electrons.